The van der Waals surface area contributed by atoms with Crippen LogP contribution in [0.15, 0.2) is 4.40 Å². The Morgan fingerprint density at radius 1 is 1.38 bits per heavy atom. The maximum Gasteiger partial charge on any atom is 0.518 e. The van der Waals surface area contributed by atoms with E-state index in [-0.39, 0.29) is 0 Å². The van der Waals surface area contributed by atoms with Crippen LogP contribution in [0.5, 0.6) is 0 Å². The van der Waals surface area contributed by atoms with Crippen LogP contribution in [0.4, 0.5) is 13.2 Å². The maximum atomic E-state index is 11.7. The van der Waals surface area contributed by atoms with E-state index >= 15 is 0 Å². The lowest BCUT2D eigenvalue weighted by Gasteiger charge is -2.21. The molecule has 16 heavy (non-hydrogen) atoms. The van der Waals surface area contributed by atoms with Gasteiger partial charge in [-0.25, -0.2) is 0 Å². The average molecular weight is 266 g/mol. The topological polar surface area (TPSA) is 119 Å². The van der Waals surface area contributed by atoms with Crippen molar-refractivity contribution in [1.29, 1.82) is 0 Å². The van der Waals surface area contributed by atoms with Crippen LogP contribution in [-0.2, 0) is 14.8 Å². The quantitative estimate of drug-likeness (QED) is 0.445. The van der Waals surface area contributed by atoms with Gasteiger partial charge in [-0.3, -0.25) is 0 Å². The molecule has 0 radical (unpaired) electrons. The Balaban J connectivity index is 4.80. The lowest BCUT2D eigenvalue weighted by Crippen LogP contribution is -2.34. The Hall–Kier alpha value is -1.07. The molecule has 0 fully saturated rings. The number of nitrogens with zero attached hydrogens (tertiary/aromatic N) is 1. The molecule has 0 aliphatic heterocycles. The maximum absolute atomic E-state index is 11.7. The van der Waals surface area contributed by atoms with Gasteiger partial charge in [0.1, 0.15) is 0 Å². The highest BCUT2D eigenvalue weighted by atomic mass is 32.2. The molecular formula is C5H7F3NO6S-. The van der Waals surface area contributed by atoms with Crippen molar-refractivity contribution >= 4 is 16.1 Å². The first kappa shape index (κ1) is 14.9. The molecular weight excluding hydrogens is 259 g/mol. The number of rotatable bonds is 4. The third-order valence-electron chi connectivity index (χ3n) is 1.16. The summed E-state index contributed by atoms with van der Waals surface area (Å²) in [5.74, 6) is 0. The highest BCUT2D eigenvalue weighted by Gasteiger charge is 2.46. The Morgan fingerprint density at radius 3 is 2.12 bits per heavy atom. The van der Waals surface area contributed by atoms with E-state index in [1.807, 2.05) is 0 Å². The summed E-state index contributed by atoms with van der Waals surface area (Å²) in [6, 6.07) is 0. The van der Waals surface area contributed by atoms with Crippen molar-refractivity contribution < 1.29 is 41.6 Å². The summed E-state index contributed by atoms with van der Waals surface area (Å²) < 4.78 is 61.4. The molecule has 0 bridgehead atoms. The normalized spacial score (nSPS) is 14.2. The van der Waals surface area contributed by atoms with Crippen molar-refractivity contribution in [2.24, 2.45) is 4.40 Å². The van der Waals surface area contributed by atoms with Crippen LogP contribution < -0.4 is 5.11 Å². The van der Waals surface area contributed by atoms with Gasteiger partial charge in [0.15, 0.2) is 6.08 Å². The Kier molecular flexibility index (Phi) is 4.96. The van der Waals surface area contributed by atoms with Crippen molar-refractivity contribution in [1.82, 2.24) is 0 Å². The van der Waals surface area contributed by atoms with Crippen molar-refractivity contribution in [3.05, 3.63) is 0 Å². The average Bonchev–Trinajstić information content (AvgIpc) is 2.11. The van der Waals surface area contributed by atoms with Crippen LogP contribution >= 0.6 is 0 Å². The zero-order chi connectivity index (χ0) is 13.0. The van der Waals surface area contributed by atoms with Crippen LogP contribution in [0, 0.1) is 0 Å². The molecule has 0 amide bonds. The summed E-state index contributed by atoms with van der Waals surface area (Å²) >= 11 is 0. The largest absolute Gasteiger partial charge is 0.592 e. The highest BCUT2D eigenvalue weighted by Crippen LogP contribution is 2.24. The molecule has 96 valence electrons. The molecule has 0 unspecified atom stereocenters. The minimum Gasteiger partial charge on any atom is -0.592 e. The standard InChI is InChI=1S/C5H8F3NO6S/c6-5(7,8)16(13,14)9-4(12)15-3(1-10)2-11/h3,10-11H,1-2H2,(H,9,12)/p-1. The molecule has 0 saturated heterocycles. The molecule has 0 aliphatic carbocycles. The van der Waals surface area contributed by atoms with Crippen molar-refractivity contribution in [3.8, 4) is 0 Å². The summed E-state index contributed by atoms with van der Waals surface area (Å²) in [5.41, 5.74) is -5.71. The summed E-state index contributed by atoms with van der Waals surface area (Å²) in [4.78, 5) is 0. The SMILES string of the molecule is O=S(=O)(/N=C(\[O-])OC(CO)CO)C(F)(F)F. The van der Waals surface area contributed by atoms with Gasteiger partial charge in [0.2, 0.25) is 0 Å². The summed E-state index contributed by atoms with van der Waals surface area (Å²) in [7, 11) is -5.97. The van der Waals surface area contributed by atoms with E-state index in [1.54, 1.807) is 4.40 Å². The van der Waals surface area contributed by atoms with E-state index in [0.29, 0.717) is 0 Å². The van der Waals surface area contributed by atoms with E-state index in [2.05, 4.69) is 4.74 Å². The van der Waals surface area contributed by atoms with Crippen LogP contribution in [0.1, 0.15) is 0 Å². The molecule has 0 aromatic heterocycles. The predicted octanol–water partition coefficient (Wildman–Crippen LogP) is -2.08. The number of hydrogen-bond donors (Lipinski definition) is 2. The fraction of sp³-hybridized carbons (Fsp3) is 0.800. The Bertz CT molecular complexity index is 346. The molecule has 0 saturated carbocycles. The van der Waals surface area contributed by atoms with Gasteiger partial charge in [0, 0.05) is 0 Å². The molecule has 0 spiro atoms. The minimum absolute atomic E-state index is 0.885. The van der Waals surface area contributed by atoms with Crippen LogP contribution in [0.25, 0.3) is 0 Å². The number of halogens is 3. The van der Waals surface area contributed by atoms with Crippen molar-refractivity contribution in [3.63, 3.8) is 0 Å². The van der Waals surface area contributed by atoms with Gasteiger partial charge in [0.25, 0.3) is 0 Å². The first-order valence-electron chi connectivity index (χ1n) is 3.60. The van der Waals surface area contributed by atoms with E-state index in [9.17, 15) is 26.7 Å². The first-order valence-corrected chi connectivity index (χ1v) is 5.04. The molecule has 0 aromatic rings. The van der Waals surface area contributed by atoms with Gasteiger partial charge in [-0.15, -0.1) is 4.40 Å². The molecule has 0 heterocycles. The summed E-state index contributed by atoms with van der Waals surface area (Å²) in [5, 5.41) is 27.3. The molecule has 11 heteroatoms. The number of hydrogen-bond acceptors (Lipinski definition) is 6. The van der Waals surface area contributed by atoms with Gasteiger partial charge in [-0.1, -0.05) is 0 Å². The minimum atomic E-state index is -5.97. The first-order chi connectivity index (χ1) is 7.14. The lowest BCUT2D eigenvalue weighted by molar-refractivity contribution is -0.257. The molecule has 0 aromatic carbocycles. The summed E-state index contributed by atoms with van der Waals surface area (Å²) in [6.45, 7) is -1.77. The van der Waals surface area contributed by atoms with Gasteiger partial charge in [-0.05, 0) is 0 Å². The van der Waals surface area contributed by atoms with Crippen LogP contribution in [0.3, 0.4) is 0 Å². The lowest BCUT2D eigenvalue weighted by atomic mass is 10.4. The van der Waals surface area contributed by atoms with Crippen molar-refractivity contribution in [2.45, 2.75) is 11.6 Å². The van der Waals surface area contributed by atoms with E-state index in [0.717, 1.165) is 0 Å². The van der Waals surface area contributed by atoms with Crippen LogP contribution in [0.2, 0.25) is 0 Å². The van der Waals surface area contributed by atoms with Gasteiger partial charge in [0.05, 0.1) is 19.3 Å². The van der Waals surface area contributed by atoms with Gasteiger partial charge >= 0.3 is 15.5 Å². The number of aliphatic hydroxyl groups excluding tert-OH is 2. The Labute approximate surface area is 87.8 Å². The third-order valence-corrected chi connectivity index (χ3v) is 2.14. The zero-order valence-electron chi connectivity index (χ0n) is 7.51. The molecule has 7 nitrogen and oxygen atoms in total. The second kappa shape index (κ2) is 5.32. The fourth-order valence-corrected chi connectivity index (χ4v) is 0.789. The molecule has 0 aliphatic rings. The van der Waals surface area contributed by atoms with E-state index < -0.39 is 40.9 Å². The number of sulfonamides is 1. The monoisotopic (exact) mass is 266 g/mol. The summed E-state index contributed by atoms with van der Waals surface area (Å²) in [6.07, 6.45) is -3.59. The highest BCUT2D eigenvalue weighted by molar-refractivity contribution is 7.91. The Morgan fingerprint density at radius 2 is 1.81 bits per heavy atom. The third kappa shape index (κ3) is 4.20. The van der Waals surface area contributed by atoms with E-state index in [4.69, 9.17) is 10.2 Å². The number of alkyl halides is 3. The molecule has 2 N–H and O–H groups in total. The van der Waals surface area contributed by atoms with Gasteiger partial charge in [-0.2, -0.15) is 21.6 Å². The number of ether oxygens (including phenoxy) is 1. The van der Waals surface area contributed by atoms with E-state index in [1.165, 1.54) is 0 Å². The molecule has 0 atom stereocenters. The predicted molar refractivity (Wildman–Crippen MR) is 41.5 cm³/mol. The second-order valence-corrected chi connectivity index (χ2v) is 3.98. The second-order valence-electron chi connectivity index (χ2n) is 2.38. The zero-order valence-corrected chi connectivity index (χ0v) is 8.32. The molecule has 0 rings (SSSR count). The van der Waals surface area contributed by atoms with Gasteiger partial charge < -0.3 is 20.1 Å². The smallest absolute Gasteiger partial charge is 0.518 e. The van der Waals surface area contributed by atoms with Crippen LogP contribution in [-0.4, -0.2) is 49.5 Å². The van der Waals surface area contributed by atoms with Crippen molar-refractivity contribution in [2.75, 3.05) is 13.2 Å². The fourth-order valence-electron chi connectivity index (χ4n) is 0.446. The number of aliphatic hydroxyl groups is 2.